The fourth-order valence-corrected chi connectivity index (χ4v) is 5.92. The van der Waals surface area contributed by atoms with Gasteiger partial charge in [-0.25, -0.2) is 8.42 Å². The van der Waals surface area contributed by atoms with Gasteiger partial charge in [0.2, 0.25) is 10.0 Å². The van der Waals surface area contributed by atoms with Gasteiger partial charge in [-0.2, -0.15) is 17.9 Å². The maximum atomic E-state index is 12.9. The molecule has 0 spiro atoms. The molecule has 1 aromatic carbocycles. The van der Waals surface area contributed by atoms with Crippen LogP contribution in [0.1, 0.15) is 54.6 Å². The van der Waals surface area contributed by atoms with Crippen LogP contribution < -0.4 is 15.2 Å². The van der Waals surface area contributed by atoms with Crippen molar-refractivity contribution in [2.24, 2.45) is 5.73 Å². The van der Waals surface area contributed by atoms with Crippen LogP contribution >= 0.6 is 0 Å². The number of benzene rings is 1. The number of nitrogens with zero attached hydrogens (tertiary/aromatic N) is 2. The molecule has 0 bridgehead atoms. The van der Waals surface area contributed by atoms with Gasteiger partial charge in [-0.05, 0) is 56.5 Å². The highest BCUT2D eigenvalue weighted by Gasteiger charge is 2.39. The predicted molar refractivity (Wildman–Crippen MR) is 128 cm³/mol. The van der Waals surface area contributed by atoms with Gasteiger partial charge >= 0.3 is 6.18 Å². The zero-order chi connectivity index (χ0) is 26.4. The number of carbonyl (C=O) groups excluding carboxylic acids is 1. The van der Waals surface area contributed by atoms with Crippen LogP contribution in [-0.4, -0.2) is 43.2 Å². The van der Waals surface area contributed by atoms with Crippen molar-refractivity contribution in [2.45, 2.75) is 62.7 Å². The summed E-state index contributed by atoms with van der Waals surface area (Å²) in [6.45, 7) is 2.61. The first kappa shape index (κ1) is 26.0. The Hall–Kier alpha value is -3.12. The molecule has 36 heavy (non-hydrogen) atoms. The van der Waals surface area contributed by atoms with Crippen LogP contribution in [0.5, 0.6) is 5.75 Å². The minimum atomic E-state index is -4.74. The van der Waals surface area contributed by atoms with Crippen molar-refractivity contribution < 1.29 is 31.1 Å². The molecule has 1 aliphatic carbocycles. The number of fused-ring (bicyclic) bond motifs is 1. The van der Waals surface area contributed by atoms with E-state index in [-0.39, 0.29) is 17.3 Å². The Balaban J connectivity index is 1.89. The second-order valence-electron chi connectivity index (χ2n) is 9.00. The number of primary amides is 1. The summed E-state index contributed by atoms with van der Waals surface area (Å²) < 4.78 is 72.7. The number of alkyl halides is 3. The van der Waals surface area contributed by atoms with E-state index in [1.54, 1.807) is 10.8 Å². The van der Waals surface area contributed by atoms with Crippen LogP contribution in [0, 0.1) is 6.92 Å². The fourth-order valence-electron chi connectivity index (χ4n) is 4.75. The van der Waals surface area contributed by atoms with Crippen molar-refractivity contribution in [3.8, 4) is 17.1 Å². The Kier molecular flexibility index (Phi) is 6.78. The summed E-state index contributed by atoms with van der Waals surface area (Å²) in [5, 5.41) is 0.589. The van der Waals surface area contributed by atoms with Crippen LogP contribution in [0.3, 0.4) is 0 Å². The molecule has 8 nitrogen and oxygen atoms in total. The number of halogens is 3. The van der Waals surface area contributed by atoms with E-state index in [1.165, 1.54) is 19.2 Å². The average molecular weight is 525 g/mol. The van der Waals surface area contributed by atoms with Gasteiger partial charge in [-0.3, -0.25) is 9.78 Å². The van der Waals surface area contributed by atoms with Crippen molar-refractivity contribution >= 4 is 26.8 Å². The maximum absolute atomic E-state index is 12.9. The van der Waals surface area contributed by atoms with Crippen molar-refractivity contribution in [3.05, 3.63) is 41.6 Å². The molecule has 3 N–H and O–H groups in total. The molecule has 0 aliphatic heterocycles. The summed E-state index contributed by atoms with van der Waals surface area (Å²) in [6.07, 6.45) is 0.0286. The molecule has 0 saturated heterocycles. The highest BCUT2D eigenvalue weighted by Crippen LogP contribution is 2.42. The van der Waals surface area contributed by atoms with E-state index in [0.29, 0.717) is 16.8 Å². The van der Waals surface area contributed by atoms with Crippen LogP contribution in [0.4, 0.5) is 13.2 Å². The number of nitrogens with one attached hydrogen (secondary N) is 1. The number of hydrogen-bond acceptors (Lipinski definition) is 5. The number of ether oxygens (including phenoxy) is 1. The molecule has 2 heterocycles. The van der Waals surface area contributed by atoms with Crippen molar-refractivity contribution in [1.82, 2.24) is 14.3 Å². The number of rotatable bonds is 7. The third-order valence-corrected chi connectivity index (χ3v) is 8.09. The SMILES string of the molecule is COc1cc2c(C(N)=O)c(-c3ccc(S(=O)(=O)N[C@H](C)C(F)(F)F)cn3)n(C3CCCC3)c2cc1C. The molecule has 4 rings (SSSR count). The third-order valence-electron chi connectivity index (χ3n) is 6.57. The molecule has 1 amide bonds. The first-order valence-corrected chi connectivity index (χ1v) is 12.9. The molecular weight excluding hydrogens is 497 g/mol. The van der Waals surface area contributed by atoms with Crippen LogP contribution in [0.15, 0.2) is 35.4 Å². The van der Waals surface area contributed by atoms with E-state index in [0.717, 1.165) is 49.9 Å². The van der Waals surface area contributed by atoms with Gasteiger partial charge in [-0.1, -0.05) is 12.8 Å². The summed E-state index contributed by atoms with van der Waals surface area (Å²) in [5.41, 5.74) is 8.42. The second kappa shape index (κ2) is 9.40. The minimum absolute atomic E-state index is 0.0721. The van der Waals surface area contributed by atoms with E-state index in [4.69, 9.17) is 10.5 Å². The largest absolute Gasteiger partial charge is 0.496 e. The highest BCUT2D eigenvalue weighted by molar-refractivity contribution is 7.89. The van der Waals surface area contributed by atoms with Gasteiger partial charge < -0.3 is 15.0 Å². The number of carbonyl (C=O) groups is 1. The summed E-state index contributed by atoms with van der Waals surface area (Å²) in [7, 11) is -2.95. The molecule has 12 heteroatoms. The molecular formula is C24H27F3N4O4S. The maximum Gasteiger partial charge on any atom is 0.404 e. The topological polar surface area (TPSA) is 116 Å². The lowest BCUT2D eigenvalue weighted by Gasteiger charge is -2.19. The monoisotopic (exact) mass is 524 g/mol. The van der Waals surface area contributed by atoms with Gasteiger partial charge in [0.15, 0.2) is 0 Å². The van der Waals surface area contributed by atoms with Crippen molar-refractivity contribution in [2.75, 3.05) is 7.11 Å². The summed E-state index contributed by atoms with van der Waals surface area (Å²) in [6, 6.07) is 4.02. The predicted octanol–water partition coefficient (Wildman–Crippen LogP) is 4.46. The number of aromatic nitrogens is 2. The molecule has 0 unspecified atom stereocenters. The number of aryl methyl sites for hydroxylation is 1. The first-order chi connectivity index (χ1) is 16.8. The molecule has 1 atom stereocenters. The number of hydrogen-bond donors (Lipinski definition) is 2. The number of amides is 1. The van der Waals surface area contributed by atoms with Gasteiger partial charge in [0, 0.05) is 17.6 Å². The van der Waals surface area contributed by atoms with Crippen LogP contribution in [0.2, 0.25) is 0 Å². The van der Waals surface area contributed by atoms with Crippen molar-refractivity contribution in [1.29, 1.82) is 0 Å². The fraction of sp³-hybridized carbons (Fsp3) is 0.417. The van der Waals surface area contributed by atoms with E-state index < -0.39 is 33.0 Å². The van der Waals surface area contributed by atoms with Gasteiger partial charge in [0.05, 0.1) is 29.6 Å². The molecule has 3 aromatic rings. The third kappa shape index (κ3) is 4.66. The van der Waals surface area contributed by atoms with E-state index in [1.807, 2.05) is 17.6 Å². The molecule has 1 aliphatic rings. The number of pyridine rings is 1. The number of methoxy groups -OCH3 is 1. The Bertz CT molecular complexity index is 1410. The first-order valence-electron chi connectivity index (χ1n) is 11.4. The molecule has 1 fully saturated rings. The zero-order valence-corrected chi connectivity index (χ0v) is 20.8. The lowest BCUT2D eigenvalue weighted by molar-refractivity contribution is -0.147. The Morgan fingerprint density at radius 3 is 2.44 bits per heavy atom. The smallest absolute Gasteiger partial charge is 0.404 e. The quantitative estimate of drug-likeness (QED) is 0.473. The van der Waals surface area contributed by atoms with Gasteiger partial charge in [-0.15, -0.1) is 0 Å². The lowest BCUT2D eigenvalue weighted by atomic mass is 10.1. The summed E-state index contributed by atoms with van der Waals surface area (Å²) in [5.74, 6) is -0.101. The van der Waals surface area contributed by atoms with E-state index in [9.17, 15) is 26.4 Å². The van der Waals surface area contributed by atoms with Crippen molar-refractivity contribution in [3.63, 3.8) is 0 Å². The highest BCUT2D eigenvalue weighted by atomic mass is 32.2. The van der Waals surface area contributed by atoms with Crippen LogP contribution in [-0.2, 0) is 10.0 Å². The number of nitrogens with two attached hydrogens (primary N) is 1. The Labute approximate surface area is 206 Å². The second-order valence-corrected chi connectivity index (χ2v) is 10.7. The normalized spacial score (nSPS) is 15.9. The molecule has 2 aromatic heterocycles. The molecule has 0 radical (unpaired) electrons. The Morgan fingerprint density at radius 1 is 1.25 bits per heavy atom. The van der Waals surface area contributed by atoms with E-state index >= 15 is 0 Å². The Morgan fingerprint density at radius 2 is 1.92 bits per heavy atom. The zero-order valence-electron chi connectivity index (χ0n) is 20.0. The molecule has 1 saturated carbocycles. The molecule has 194 valence electrons. The van der Waals surface area contributed by atoms with Crippen LogP contribution in [0.25, 0.3) is 22.3 Å². The number of sulfonamides is 1. The minimum Gasteiger partial charge on any atom is -0.496 e. The average Bonchev–Trinajstić information content (AvgIpc) is 3.43. The van der Waals surface area contributed by atoms with E-state index in [2.05, 4.69) is 4.98 Å². The van der Waals surface area contributed by atoms with Gasteiger partial charge in [0.25, 0.3) is 5.91 Å². The van der Waals surface area contributed by atoms with Gasteiger partial charge in [0.1, 0.15) is 16.7 Å². The lowest BCUT2D eigenvalue weighted by Crippen LogP contribution is -2.42. The summed E-state index contributed by atoms with van der Waals surface area (Å²) in [4.78, 5) is 16.5. The summed E-state index contributed by atoms with van der Waals surface area (Å²) >= 11 is 0. The standard InChI is InChI=1S/C24H27F3N4O4S/c1-13-10-19-17(11-20(13)35-3)21(23(28)32)22(31(19)15-6-4-5-7-15)18-9-8-16(12-29-18)36(33,34)30-14(2)24(25,26)27/h8-12,14-15,30H,4-7H2,1-3H3,(H2,28,32)/t14-/m1/s1.